The second-order valence-electron chi connectivity index (χ2n) is 5.15. The van der Waals surface area contributed by atoms with E-state index in [4.69, 9.17) is 5.73 Å². The van der Waals surface area contributed by atoms with Gasteiger partial charge >= 0.3 is 0 Å². The molecule has 104 valence electrons. The average molecular weight is 262 g/mol. The minimum Gasteiger partial charge on any atom is -0.397 e. The van der Waals surface area contributed by atoms with Crippen molar-refractivity contribution < 1.29 is 4.79 Å². The highest BCUT2D eigenvalue weighted by Crippen LogP contribution is 2.15. The molecule has 1 aromatic heterocycles. The summed E-state index contributed by atoms with van der Waals surface area (Å²) in [6.45, 7) is 4.89. The molecular formula is C14H22N4O. The van der Waals surface area contributed by atoms with Crippen molar-refractivity contribution in [3.8, 4) is 0 Å². The first-order valence-electron chi connectivity index (χ1n) is 6.83. The summed E-state index contributed by atoms with van der Waals surface area (Å²) in [5.41, 5.74) is 6.67. The van der Waals surface area contributed by atoms with Crippen molar-refractivity contribution in [3.05, 3.63) is 24.0 Å². The van der Waals surface area contributed by atoms with Crippen molar-refractivity contribution in [1.29, 1.82) is 0 Å². The first kappa shape index (κ1) is 13.8. The summed E-state index contributed by atoms with van der Waals surface area (Å²) in [5.74, 6) is 0.0159. The van der Waals surface area contributed by atoms with Crippen molar-refractivity contribution in [3.63, 3.8) is 0 Å². The van der Waals surface area contributed by atoms with E-state index in [0.717, 1.165) is 32.5 Å². The molecule has 1 aliphatic rings. The van der Waals surface area contributed by atoms with Crippen LogP contribution in [-0.2, 0) is 0 Å². The van der Waals surface area contributed by atoms with E-state index >= 15 is 0 Å². The van der Waals surface area contributed by atoms with Crippen molar-refractivity contribution in [2.75, 3.05) is 32.4 Å². The maximum atomic E-state index is 12.5. The van der Waals surface area contributed by atoms with Crippen LogP contribution in [0, 0.1) is 0 Å². The highest BCUT2D eigenvalue weighted by Gasteiger charge is 2.27. The Bertz CT molecular complexity index is 432. The maximum Gasteiger partial charge on any atom is 0.272 e. The highest BCUT2D eigenvalue weighted by atomic mass is 16.2. The number of nitrogens with two attached hydrogens (primary N) is 1. The molecule has 1 atom stereocenters. The van der Waals surface area contributed by atoms with Gasteiger partial charge in [0, 0.05) is 19.1 Å². The molecule has 0 radical (unpaired) electrons. The molecule has 0 aliphatic carbocycles. The molecule has 1 aromatic rings. The third kappa shape index (κ3) is 3.23. The van der Waals surface area contributed by atoms with Crippen LogP contribution in [0.15, 0.2) is 18.3 Å². The van der Waals surface area contributed by atoms with E-state index in [-0.39, 0.29) is 11.9 Å². The molecule has 0 aromatic carbocycles. The largest absolute Gasteiger partial charge is 0.397 e. The minimum absolute atomic E-state index is 0.0159. The topological polar surface area (TPSA) is 62.5 Å². The van der Waals surface area contributed by atoms with E-state index in [1.807, 2.05) is 4.90 Å². The fourth-order valence-electron chi connectivity index (χ4n) is 2.54. The smallest absolute Gasteiger partial charge is 0.272 e. The lowest BCUT2D eigenvalue weighted by Gasteiger charge is -2.30. The zero-order valence-electron chi connectivity index (χ0n) is 11.7. The van der Waals surface area contributed by atoms with Crippen molar-refractivity contribution >= 4 is 11.6 Å². The fourth-order valence-corrected chi connectivity index (χ4v) is 2.54. The number of rotatable bonds is 2. The SMILES string of the molecule is CCC1CN(C)CCCN1C(=O)c1ccc(N)cn1. The van der Waals surface area contributed by atoms with Gasteiger partial charge < -0.3 is 15.5 Å². The third-order valence-electron chi connectivity index (χ3n) is 3.64. The summed E-state index contributed by atoms with van der Waals surface area (Å²) in [6.07, 6.45) is 3.51. The molecule has 2 rings (SSSR count). The number of anilines is 1. The lowest BCUT2D eigenvalue weighted by molar-refractivity contribution is 0.0670. The predicted octanol–water partition coefficient (Wildman–Crippen LogP) is 1.22. The molecule has 19 heavy (non-hydrogen) atoms. The van der Waals surface area contributed by atoms with Crippen LogP contribution < -0.4 is 5.73 Å². The average Bonchev–Trinajstić information content (AvgIpc) is 2.60. The predicted molar refractivity (Wildman–Crippen MR) is 75.9 cm³/mol. The number of pyridine rings is 1. The summed E-state index contributed by atoms with van der Waals surface area (Å²) in [7, 11) is 2.11. The van der Waals surface area contributed by atoms with Crippen molar-refractivity contribution in [2.45, 2.75) is 25.8 Å². The third-order valence-corrected chi connectivity index (χ3v) is 3.64. The standard InChI is InChI=1S/C14H22N4O/c1-3-12-10-17(2)7-4-8-18(12)14(19)13-6-5-11(15)9-16-13/h5-6,9,12H,3-4,7-8,10,15H2,1-2H3. The first-order chi connectivity index (χ1) is 9.11. The number of nitrogen functional groups attached to an aromatic ring is 1. The number of aromatic nitrogens is 1. The lowest BCUT2D eigenvalue weighted by atomic mass is 10.1. The molecule has 1 saturated heterocycles. The van der Waals surface area contributed by atoms with E-state index < -0.39 is 0 Å². The minimum atomic E-state index is 0.0159. The normalized spacial score (nSPS) is 21.2. The Labute approximate surface area is 114 Å². The first-order valence-corrected chi connectivity index (χ1v) is 6.83. The van der Waals surface area contributed by atoms with Crippen LogP contribution in [0.25, 0.3) is 0 Å². The summed E-state index contributed by atoms with van der Waals surface area (Å²) >= 11 is 0. The summed E-state index contributed by atoms with van der Waals surface area (Å²) in [6, 6.07) is 3.70. The van der Waals surface area contributed by atoms with Crippen LogP contribution in [0.4, 0.5) is 5.69 Å². The van der Waals surface area contributed by atoms with Crippen LogP contribution in [0.2, 0.25) is 0 Å². The quantitative estimate of drug-likeness (QED) is 0.870. The Hall–Kier alpha value is -1.62. The lowest BCUT2D eigenvalue weighted by Crippen LogP contribution is -2.43. The number of carbonyl (C=O) groups is 1. The molecule has 5 nitrogen and oxygen atoms in total. The van der Waals surface area contributed by atoms with Gasteiger partial charge in [0.25, 0.3) is 5.91 Å². The Kier molecular flexibility index (Phi) is 4.37. The van der Waals surface area contributed by atoms with Crippen LogP contribution in [-0.4, -0.2) is 53.4 Å². The molecule has 2 heterocycles. The number of hydrogen-bond donors (Lipinski definition) is 1. The number of likely N-dealkylation sites (N-methyl/N-ethyl adjacent to an activating group) is 1. The van der Waals surface area contributed by atoms with Crippen LogP contribution >= 0.6 is 0 Å². The molecule has 1 fully saturated rings. The van der Waals surface area contributed by atoms with Gasteiger partial charge in [-0.2, -0.15) is 0 Å². The van der Waals surface area contributed by atoms with Gasteiger partial charge in [-0.25, -0.2) is 4.98 Å². The number of hydrogen-bond acceptors (Lipinski definition) is 4. The van der Waals surface area contributed by atoms with E-state index in [2.05, 4.69) is 23.9 Å². The number of carbonyl (C=O) groups excluding carboxylic acids is 1. The molecule has 1 amide bonds. The van der Waals surface area contributed by atoms with Gasteiger partial charge in [0.2, 0.25) is 0 Å². The van der Waals surface area contributed by atoms with E-state index in [1.165, 1.54) is 6.20 Å². The Morgan fingerprint density at radius 3 is 2.89 bits per heavy atom. The summed E-state index contributed by atoms with van der Waals surface area (Å²) in [4.78, 5) is 20.9. The van der Waals surface area contributed by atoms with E-state index in [9.17, 15) is 4.79 Å². The van der Waals surface area contributed by atoms with Gasteiger partial charge in [0.1, 0.15) is 5.69 Å². The molecule has 0 spiro atoms. The second-order valence-corrected chi connectivity index (χ2v) is 5.15. The Balaban J connectivity index is 2.17. The van der Waals surface area contributed by atoms with Crippen LogP contribution in [0.5, 0.6) is 0 Å². The highest BCUT2D eigenvalue weighted by molar-refractivity contribution is 5.92. The number of amides is 1. The van der Waals surface area contributed by atoms with E-state index in [0.29, 0.717) is 11.4 Å². The Morgan fingerprint density at radius 1 is 1.47 bits per heavy atom. The van der Waals surface area contributed by atoms with Gasteiger partial charge in [0.15, 0.2) is 0 Å². The van der Waals surface area contributed by atoms with Crippen LogP contribution in [0.1, 0.15) is 30.3 Å². The zero-order valence-corrected chi connectivity index (χ0v) is 11.7. The van der Waals surface area contributed by atoms with Gasteiger partial charge in [-0.1, -0.05) is 6.92 Å². The van der Waals surface area contributed by atoms with Crippen molar-refractivity contribution in [2.24, 2.45) is 0 Å². The van der Waals surface area contributed by atoms with Gasteiger partial charge in [-0.3, -0.25) is 4.79 Å². The summed E-state index contributed by atoms with van der Waals surface area (Å²) < 4.78 is 0. The molecule has 1 unspecified atom stereocenters. The zero-order chi connectivity index (χ0) is 13.8. The molecule has 2 N–H and O–H groups in total. The Morgan fingerprint density at radius 2 is 2.26 bits per heavy atom. The monoisotopic (exact) mass is 262 g/mol. The maximum absolute atomic E-state index is 12.5. The van der Waals surface area contributed by atoms with Crippen LogP contribution in [0.3, 0.4) is 0 Å². The van der Waals surface area contributed by atoms with Gasteiger partial charge in [-0.15, -0.1) is 0 Å². The molecular weight excluding hydrogens is 240 g/mol. The fraction of sp³-hybridized carbons (Fsp3) is 0.571. The molecule has 0 saturated carbocycles. The molecule has 0 bridgehead atoms. The number of nitrogens with zero attached hydrogens (tertiary/aromatic N) is 3. The second kappa shape index (κ2) is 6.02. The van der Waals surface area contributed by atoms with Gasteiger partial charge in [0.05, 0.1) is 11.9 Å². The van der Waals surface area contributed by atoms with E-state index in [1.54, 1.807) is 12.1 Å². The summed E-state index contributed by atoms with van der Waals surface area (Å²) in [5, 5.41) is 0. The molecule has 5 heteroatoms. The van der Waals surface area contributed by atoms with Gasteiger partial charge in [-0.05, 0) is 38.6 Å². The molecule has 1 aliphatic heterocycles. The van der Waals surface area contributed by atoms with Crippen molar-refractivity contribution in [1.82, 2.24) is 14.8 Å².